The van der Waals surface area contributed by atoms with Gasteiger partial charge in [0.15, 0.2) is 6.61 Å². The quantitative estimate of drug-likeness (QED) is 0.504. The summed E-state index contributed by atoms with van der Waals surface area (Å²) in [6.45, 7) is 4.56. The van der Waals surface area contributed by atoms with Crippen molar-refractivity contribution in [3.63, 3.8) is 0 Å². The van der Waals surface area contributed by atoms with Crippen LogP contribution in [0.4, 0.5) is 0 Å². The van der Waals surface area contributed by atoms with E-state index in [1.54, 1.807) is 12.2 Å². The molecule has 2 nitrogen and oxygen atoms in total. The van der Waals surface area contributed by atoms with Crippen LogP contribution in [0.15, 0.2) is 12.2 Å². The number of hydrogen-bond acceptors (Lipinski definition) is 2. The lowest BCUT2D eigenvalue weighted by atomic mass is 10.5. The summed E-state index contributed by atoms with van der Waals surface area (Å²) in [4.78, 5) is 10.0. The third-order valence-electron chi connectivity index (χ3n) is 0.505. The van der Waals surface area contributed by atoms with Gasteiger partial charge in [0, 0.05) is 6.92 Å². The molecule has 8 heavy (non-hydrogen) atoms. The fourth-order valence-electron chi connectivity index (χ4n) is 0.214. The van der Waals surface area contributed by atoms with E-state index in [0.717, 1.165) is 0 Å². The zero-order chi connectivity index (χ0) is 6.41. The van der Waals surface area contributed by atoms with Crippen molar-refractivity contribution in [1.29, 1.82) is 0 Å². The smallest absolute Gasteiger partial charge is 0.303 e. The molecule has 0 N–H and O–H groups in total. The number of esters is 1. The molecule has 0 heterocycles. The largest absolute Gasteiger partial charge is 0.454 e. The molecule has 0 aliphatic rings. The summed E-state index contributed by atoms with van der Waals surface area (Å²) in [6, 6.07) is 0. The Labute approximate surface area is 49.1 Å². The fraction of sp³-hybridized carbons (Fsp3) is 0.333. The Morgan fingerprint density at radius 3 is 2.62 bits per heavy atom. The van der Waals surface area contributed by atoms with Crippen molar-refractivity contribution in [2.45, 2.75) is 13.8 Å². The van der Waals surface area contributed by atoms with Gasteiger partial charge in [0.05, 0.1) is 0 Å². The van der Waals surface area contributed by atoms with Gasteiger partial charge < -0.3 is 4.74 Å². The van der Waals surface area contributed by atoms with Crippen molar-refractivity contribution in [2.24, 2.45) is 0 Å². The van der Waals surface area contributed by atoms with E-state index in [4.69, 9.17) is 0 Å². The van der Waals surface area contributed by atoms with Gasteiger partial charge in [-0.3, -0.25) is 4.79 Å². The predicted molar refractivity (Wildman–Crippen MR) is 30.9 cm³/mol. The van der Waals surface area contributed by atoms with Crippen LogP contribution in [0.1, 0.15) is 13.8 Å². The Kier molecular flexibility index (Phi) is 3.94. The summed E-state index contributed by atoms with van der Waals surface area (Å²) in [5, 5.41) is 0. The summed E-state index contributed by atoms with van der Waals surface area (Å²) in [6.07, 6.45) is 3.43. The van der Waals surface area contributed by atoms with Gasteiger partial charge in [0.1, 0.15) is 0 Å². The molecule has 1 radical (unpaired) electrons. The molecule has 45 valence electrons. The Morgan fingerprint density at radius 2 is 2.25 bits per heavy atom. The van der Waals surface area contributed by atoms with Gasteiger partial charge in [-0.2, -0.15) is 0 Å². The summed E-state index contributed by atoms with van der Waals surface area (Å²) in [5.74, 6) is -0.289. The summed E-state index contributed by atoms with van der Waals surface area (Å²) >= 11 is 0. The molecular weight excluding hydrogens is 104 g/mol. The normalized spacial score (nSPS) is 9.75. The second-order valence-electron chi connectivity index (χ2n) is 1.27. The van der Waals surface area contributed by atoms with Gasteiger partial charge in [-0.05, 0) is 13.0 Å². The highest BCUT2D eigenvalue weighted by molar-refractivity contribution is 5.66. The van der Waals surface area contributed by atoms with Crippen LogP contribution in [0.3, 0.4) is 0 Å². The van der Waals surface area contributed by atoms with Gasteiger partial charge in [-0.15, -0.1) is 0 Å². The van der Waals surface area contributed by atoms with Gasteiger partial charge in [-0.25, -0.2) is 0 Å². The van der Waals surface area contributed by atoms with E-state index in [2.05, 4.69) is 4.74 Å². The van der Waals surface area contributed by atoms with E-state index in [9.17, 15) is 4.79 Å². The zero-order valence-electron chi connectivity index (χ0n) is 5.05. The molecule has 2 heteroatoms. The summed E-state index contributed by atoms with van der Waals surface area (Å²) in [7, 11) is 0. The van der Waals surface area contributed by atoms with E-state index in [-0.39, 0.29) is 5.97 Å². The lowest BCUT2D eigenvalue weighted by molar-refractivity contribution is -0.136. The van der Waals surface area contributed by atoms with E-state index in [0.29, 0.717) is 0 Å². The maximum atomic E-state index is 10.0. The Bertz CT molecular complexity index is 94.7. The highest BCUT2D eigenvalue weighted by Crippen LogP contribution is 1.83. The van der Waals surface area contributed by atoms with Crippen LogP contribution in [-0.4, -0.2) is 5.97 Å². The first kappa shape index (κ1) is 7.21. The topological polar surface area (TPSA) is 26.3 Å². The van der Waals surface area contributed by atoms with Crippen LogP contribution in [0.25, 0.3) is 0 Å². The predicted octanol–water partition coefficient (Wildman–Crippen LogP) is 1.29. The van der Waals surface area contributed by atoms with E-state index in [1.165, 1.54) is 13.5 Å². The number of allylic oxidation sites excluding steroid dienone is 1. The maximum Gasteiger partial charge on any atom is 0.303 e. The van der Waals surface area contributed by atoms with E-state index in [1.807, 2.05) is 6.92 Å². The molecule has 0 aliphatic heterocycles. The Balaban J connectivity index is 3.05. The van der Waals surface area contributed by atoms with E-state index >= 15 is 0 Å². The number of carbonyl (C=O) groups is 1. The van der Waals surface area contributed by atoms with Crippen molar-refractivity contribution in [3.05, 3.63) is 18.8 Å². The lowest BCUT2D eigenvalue weighted by Crippen LogP contribution is -1.92. The van der Waals surface area contributed by atoms with Gasteiger partial charge in [0.2, 0.25) is 0 Å². The maximum absolute atomic E-state index is 10.0. The van der Waals surface area contributed by atoms with Crippen LogP contribution in [0.2, 0.25) is 0 Å². The molecule has 0 aromatic carbocycles. The van der Waals surface area contributed by atoms with E-state index < -0.39 is 0 Å². The average molecular weight is 113 g/mol. The average Bonchev–Trinajstić information content (AvgIpc) is 1.66. The van der Waals surface area contributed by atoms with Crippen molar-refractivity contribution in [2.75, 3.05) is 0 Å². The molecule has 0 fully saturated rings. The minimum absolute atomic E-state index is 0.289. The lowest BCUT2D eigenvalue weighted by Gasteiger charge is -1.90. The molecular formula is C6H9O2. The molecule has 0 rings (SSSR count). The first-order valence-electron chi connectivity index (χ1n) is 2.39. The molecule has 0 aliphatic carbocycles. The van der Waals surface area contributed by atoms with Gasteiger partial charge >= 0.3 is 5.97 Å². The van der Waals surface area contributed by atoms with Crippen LogP contribution < -0.4 is 0 Å². The standard InChI is InChI=1S/C6H9O2/c1-3-4-5-8-6(2)7/h3-5H,1-2H3/b4-3+. The number of carbonyl (C=O) groups excluding carboxylic acids is 1. The minimum Gasteiger partial charge on any atom is -0.454 e. The Hall–Kier alpha value is -0.790. The molecule has 0 unspecified atom stereocenters. The third kappa shape index (κ3) is 5.21. The molecule has 0 aromatic rings. The first-order valence-corrected chi connectivity index (χ1v) is 2.39. The molecule has 0 amide bonds. The second-order valence-corrected chi connectivity index (χ2v) is 1.27. The number of ether oxygens (including phenoxy) is 1. The molecule has 0 bridgehead atoms. The third-order valence-corrected chi connectivity index (χ3v) is 0.505. The molecule has 0 spiro atoms. The van der Waals surface area contributed by atoms with Gasteiger partial charge in [-0.1, -0.05) is 6.08 Å². The van der Waals surface area contributed by atoms with Crippen LogP contribution in [0.5, 0.6) is 0 Å². The second kappa shape index (κ2) is 4.37. The van der Waals surface area contributed by atoms with Crippen LogP contribution >= 0.6 is 0 Å². The highest BCUT2D eigenvalue weighted by Gasteiger charge is 1.85. The highest BCUT2D eigenvalue weighted by atomic mass is 16.5. The van der Waals surface area contributed by atoms with Crippen molar-refractivity contribution in [3.8, 4) is 0 Å². The minimum atomic E-state index is -0.289. The molecule has 0 atom stereocenters. The van der Waals surface area contributed by atoms with Crippen LogP contribution in [-0.2, 0) is 9.53 Å². The van der Waals surface area contributed by atoms with Crippen molar-refractivity contribution in [1.82, 2.24) is 0 Å². The Morgan fingerprint density at radius 1 is 1.62 bits per heavy atom. The van der Waals surface area contributed by atoms with Gasteiger partial charge in [0.25, 0.3) is 0 Å². The molecule has 0 saturated heterocycles. The number of rotatable bonds is 2. The summed E-state index contributed by atoms with van der Waals surface area (Å²) < 4.78 is 4.43. The van der Waals surface area contributed by atoms with Crippen molar-refractivity contribution < 1.29 is 9.53 Å². The fourth-order valence-corrected chi connectivity index (χ4v) is 0.214. The molecule has 0 aromatic heterocycles. The SMILES string of the molecule is C/C=C/[CH]OC(C)=O. The first-order chi connectivity index (χ1) is 3.77. The van der Waals surface area contributed by atoms with Crippen LogP contribution in [0, 0.1) is 6.61 Å². The monoisotopic (exact) mass is 113 g/mol. The van der Waals surface area contributed by atoms with Crippen molar-refractivity contribution >= 4 is 5.97 Å². The number of hydrogen-bond donors (Lipinski definition) is 0. The summed E-state index contributed by atoms with van der Waals surface area (Å²) in [5.41, 5.74) is 0. The molecule has 0 saturated carbocycles. The zero-order valence-corrected chi connectivity index (χ0v) is 5.05.